The first-order chi connectivity index (χ1) is 24.7. The summed E-state index contributed by atoms with van der Waals surface area (Å²) in [4.78, 5) is 15.5. The number of hydrogen-bond donors (Lipinski definition) is 0. The number of allylic oxidation sites excluding steroid dienone is 1. The zero-order valence-corrected chi connectivity index (χ0v) is 27.6. The molecule has 0 bridgehead atoms. The summed E-state index contributed by atoms with van der Waals surface area (Å²) in [6.07, 6.45) is 4.32. The number of hydrogen-bond acceptors (Lipinski definition) is 4. The first-order valence-corrected chi connectivity index (χ1v) is 17.1. The van der Waals surface area contributed by atoms with Crippen LogP contribution < -0.4 is 0 Å². The van der Waals surface area contributed by atoms with Gasteiger partial charge in [-0.15, -0.1) is 0 Å². The van der Waals surface area contributed by atoms with Crippen molar-refractivity contribution in [3.8, 4) is 56.2 Å². The monoisotopic (exact) mass is 643 g/mol. The molecule has 238 valence electrons. The minimum atomic E-state index is -0.132. The summed E-state index contributed by atoms with van der Waals surface area (Å²) >= 11 is 0. The van der Waals surface area contributed by atoms with Crippen molar-refractivity contribution in [3.63, 3.8) is 0 Å². The van der Waals surface area contributed by atoms with Crippen LogP contribution in [0.4, 0.5) is 0 Å². The molecule has 2 aromatic heterocycles. The van der Waals surface area contributed by atoms with Gasteiger partial charge in [-0.1, -0.05) is 165 Å². The van der Waals surface area contributed by atoms with E-state index in [4.69, 9.17) is 19.4 Å². The molecule has 6 aromatic carbocycles. The SMILES string of the molecule is CC1C=Cc2oc3cccc(-c4ccccc4)c3c2C1c1nc(-c2ccccc2)nc(-c2ccc(-c3ccc(-c4ccccc4)cc3)cc2)n1. The molecule has 0 radical (unpaired) electrons. The Morgan fingerprint density at radius 1 is 0.460 bits per heavy atom. The van der Waals surface area contributed by atoms with Crippen molar-refractivity contribution in [2.45, 2.75) is 12.8 Å². The van der Waals surface area contributed by atoms with E-state index in [9.17, 15) is 0 Å². The molecule has 9 rings (SSSR count). The Kier molecular flexibility index (Phi) is 7.47. The summed E-state index contributed by atoms with van der Waals surface area (Å²) < 4.78 is 6.51. The van der Waals surface area contributed by atoms with Crippen LogP contribution in [0.25, 0.3) is 73.2 Å². The zero-order valence-electron chi connectivity index (χ0n) is 27.6. The summed E-state index contributed by atoms with van der Waals surface area (Å²) in [6.45, 7) is 2.23. The van der Waals surface area contributed by atoms with Crippen LogP contribution in [0, 0.1) is 5.92 Å². The molecule has 1 aliphatic carbocycles. The minimum Gasteiger partial charge on any atom is -0.456 e. The maximum atomic E-state index is 6.51. The van der Waals surface area contributed by atoms with Gasteiger partial charge in [0.1, 0.15) is 17.2 Å². The summed E-state index contributed by atoms with van der Waals surface area (Å²) in [5.74, 6) is 2.90. The van der Waals surface area contributed by atoms with Crippen LogP contribution >= 0.6 is 0 Å². The zero-order chi connectivity index (χ0) is 33.4. The van der Waals surface area contributed by atoms with Crippen LogP contribution in [0.2, 0.25) is 0 Å². The second-order valence-corrected chi connectivity index (χ2v) is 12.8. The van der Waals surface area contributed by atoms with E-state index >= 15 is 0 Å². The van der Waals surface area contributed by atoms with Crippen molar-refractivity contribution < 1.29 is 4.42 Å². The van der Waals surface area contributed by atoms with Gasteiger partial charge in [0.15, 0.2) is 11.6 Å². The van der Waals surface area contributed by atoms with Gasteiger partial charge in [0.25, 0.3) is 0 Å². The lowest BCUT2D eigenvalue weighted by Gasteiger charge is -2.25. The van der Waals surface area contributed by atoms with E-state index in [0.29, 0.717) is 11.6 Å². The maximum absolute atomic E-state index is 6.51. The van der Waals surface area contributed by atoms with Crippen molar-refractivity contribution in [1.82, 2.24) is 15.0 Å². The standard InChI is InChI=1S/C46H33N3O/c1-30-20-29-40-43(42-38(18-11-19-39(42)50-40)35-14-7-3-8-15-35)41(30)46-48-44(36-16-9-4-10-17-36)47-45(49-46)37-27-25-34(26-28-37)33-23-21-32(22-24-33)31-12-5-2-6-13-31/h2-30,41H,1H3. The normalized spacial score (nSPS) is 15.2. The lowest BCUT2D eigenvalue weighted by atomic mass is 9.80. The van der Waals surface area contributed by atoms with E-state index in [1.165, 1.54) is 11.1 Å². The van der Waals surface area contributed by atoms with Gasteiger partial charge in [-0.3, -0.25) is 0 Å². The van der Waals surface area contributed by atoms with E-state index in [2.05, 4.69) is 146 Å². The van der Waals surface area contributed by atoms with Crippen molar-refractivity contribution in [2.75, 3.05) is 0 Å². The predicted octanol–water partition coefficient (Wildman–Crippen LogP) is 11.7. The summed E-state index contributed by atoms with van der Waals surface area (Å²) in [5.41, 5.74) is 10.9. The number of fused-ring (bicyclic) bond motifs is 3. The third kappa shape index (κ3) is 5.41. The summed E-state index contributed by atoms with van der Waals surface area (Å²) in [6, 6.07) is 54.7. The first-order valence-electron chi connectivity index (χ1n) is 17.1. The van der Waals surface area contributed by atoms with Crippen molar-refractivity contribution in [1.29, 1.82) is 0 Å². The molecule has 1 aliphatic rings. The van der Waals surface area contributed by atoms with Gasteiger partial charge in [0, 0.05) is 22.1 Å². The first kappa shape index (κ1) is 29.7. The Hall–Kier alpha value is -6.39. The molecule has 50 heavy (non-hydrogen) atoms. The molecule has 0 spiro atoms. The van der Waals surface area contributed by atoms with Gasteiger partial charge in [-0.25, -0.2) is 15.0 Å². The smallest absolute Gasteiger partial charge is 0.163 e. The molecule has 0 N–H and O–H groups in total. The van der Waals surface area contributed by atoms with E-state index < -0.39 is 0 Å². The Balaban J connectivity index is 1.15. The fourth-order valence-corrected chi connectivity index (χ4v) is 7.13. The highest BCUT2D eigenvalue weighted by Crippen LogP contribution is 2.46. The van der Waals surface area contributed by atoms with Gasteiger partial charge in [0.2, 0.25) is 0 Å². The van der Waals surface area contributed by atoms with Crippen molar-refractivity contribution >= 4 is 17.0 Å². The van der Waals surface area contributed by atoms with Gasteiger partial charge in [-0.05, 0) is 51.4 Å². The van der Waals surface area contributed by atoms with Crippen molar-refractivity contribution in [3.05, 3.63) is 181 Å². The lowest BCUT2D eigenvalue weighted by molar-refractivity contribution is 0.545. The fraction of sp³-hybridized carbons (Fsp3) is 0.0652. The quantitative estimate of drug-likeness (QED) is 0.181. The van der Waals surface area contributed by atoms with Crippen LogP contribution in [0.3, 0.4) is 0 Å². The Bertz CT molecular complexity index is 2470. The summed E-state index contributed by atoms with van der Waals surface area (Å²) in [5, 5.41) is 1.11. The minimum absolute atomic E-state index is 0.132. The molecule has 2 atom stereocenters. The van der Waals surface area contributed by atoms with Gasteiger partial charge in [0.05, 0.1) is 5.92 Å². The van der Waals surface area contributed by atoms with Crippen LogP contribution in [-0.4, -0.2) is 15.0 Å². The second kappa shape index (κ2) is 12.6. The third-order valence-corrected chi connectivity index (χ3v) is 9.68. The highest BCUT2D eigenvalue weighted by atomic mass is 16.3. The lowest BCUT2D eigenvalue weighted by Crippen LogP contribution is -2.18. The molecule has 4 nitrogen and oxygen atoms in total. The van der Waals surface area contributed by atoms with Gasteiger partial charge in [-0.2, -0.15) is 0 Å². The average Bonchev–Trinajstić information content (AvgIpc) is 3.58. The fourth-order valence-electron chi connectivity index (χ4n) is 7.13. The molecular formula is C46H33N3O. The highest BCUT2D eigenvalue weighted by Gasteiger charge is 2.34. The van der Waals surface area contributed by atoms with E-state index in [-0.39, 0.29) is 11.8 Å². The largest absolute Gasteiger partial charge is 0.456 e. The molecule has 0 aliphatic heterocycles. The number of nitrogens with zero attached hydrogens (tertiary/aromatic N) is 3. The van der Waals surface area contributed by atoms with Crippen LogP contribution in [0.1, 0.15) is 30.0 Å². The number of rotatable bonds is 6. The molecule has 0 amide bonds. The number of benzene rings is 6. The number of aromatic nitrogens is 3. The molecule has 4 heteroatoms. The summed E-state index contributed by atoms with van der Waals surface area (Å²) in [7, 11) is 0. The molecule has 2 unspecified atom stereocenters. The van der Waals surface area contributed by atoms with Crippen molar-refractivity contribution in [2.24, 2.45) is 5.92 Å². The Morgan fingerprint density at radius 2 is 0.940 bits per heavy atom. The Labute approximate surface area is 291 Å². The molecular weight excluding hydrogens is 611 g/mol. The molecule has 8 aromatic rings. The van der Waals surface area contributed by atoms with Gasteiger partial charge >= 0.3 is 0 Å². The van der Waals surface area contributed by atoms with Crippen LogP contribution in [-0.2, 0) is 0 Å². The average molecular weight is 644 g/mol. The van der Waals surface area contributed by atoms with E-state index in [1.54, 1.807) is 0 Å². The van der Waals surface area contributed by atoms with Crippen LogP contribution in [0.5, 0.6) is 0 Å². The maximum Gasteiger partial charge on any atom is 0.163 e. The highest BCUT2D eigenvalue weighted by molar-refractivity contribution is 5.99. The predicted molar refractivity (Wildman–Crippen MR) is 203 cm³/mol. The molecule has 0 saturated carbocycles. The molecule has 0 fully saturated rings. The molecule has 2 heterocycles. The Morgan fingerprint density at radius 3 is 1.52 bits per heavy atom. The topological polar surface area (TPSA) is 51.8 Å². The third-order valence-electron chi connectivity index (χ3n) is 9.68. The van der Waals surface area contributed by atoms with E-state index in [0.717, 1.165) is 61.5 Å². The van der Waals surface area contributed by atoms with Crippen LogP contribution in [0.15, 0.2) is 168 Å². The number of furan rings is 1. The second-order valence-electron chi connectivity index (χ2n) is 12.8. The molecule has 0 saturated heterocycles. The van der Waals surface area contributed by atoms with E-state index in [1.807, 2.05) is 30.3 Å². The van der Waals surface area contributed by atoms with Gasteiger partial charge < -0.3 is 4.42 Å².